The molecule has 0 bridgehead atoms. The molecule has 0 atom stereocenters. The predicted octanol–water partition coefficient (Wildman–Crippen LogP) is 4.64. The van der Waals surface area contributed by atoms with Crippen molar-refractivity contribution in [1.29, 1.82) is 0 Å². The van der Waals surface area contributed by atoms with Crippen LogP contribution in [0.4, 0.5) is 0 Å². The van der Waals surface area contributed by atoms with Gasteiger partial charge in [0.05, 0.1) is 0 Å². The molecule has 6 heteroatoms. The van der Waals surface area contributed by atoms with Crippen molar-refractivity contribution in [3.8, 4) is 0 Å². The van der Waals surface area contributed by atoms with E-state index in [1.165, 1.54) is 0 Å². The summed E-state index contributed by atoms with van der Waals surface area (Å²) < 4.78 is 0. The molecule has 2 rings (SSSR count). The Bertz CT molecular complexity index is 598. The van der Waals surface area contributed by atoms with Crippen LogP contribution in [-0.2, 0) is 0 Å². The fourth-order valence-electron chi connectivity index (χ4n) is 2.19. The molecular weight excluding hydrogens is 252 g/mol. The van der Waals surface area contributed by atoms with Gasteiger partial charge in [-0.05, 0) is 28.6 Å². The molecule has 0 heterocycles. The molecule has 20 heavy (non-hydrogen) atoms. The van der Waals surface area contributed by atoms with Crippen LogP contribution in [-0.4, -0.2) is 13.1 Å². The fraction of sp³-hybridized carbons (Fsp3) is 0.286. The van der Waals surface area contributed by atoms with Crippen molar-refractivity contribution in [2.24, 2.45) is 15.6 Å². The van der Waals surface area contributed by atoms with Crippen molar-refractivity contribution in [3.63, 3.8) is 0 Å². The van der Waals surface area contributed by atoms with E-state index in [0.717, 1.165) is 11.1 Å². The Kier molecular flexibility index (Phi) is 4.45. The molecule has 100 valence electrons. The monoisotopic (exact) mass is 266 g/mol. The van der Waals surface area contributed by atoms with Crippen molar-refractivity contribution in [2.75, 3.05) is 13.1 Å². The molecule has 1 aliphatic rings. The van der Waals surface area contributed by atoms with Crippen molar-refractivity contribution in [2.45, 2.75) is 6.42 Å². The lowest BCUT2D eigenvalue weighted by Gasteiger charge is -2.29. The molecule has 0 saturated carbocycles. The molecule has 0 aromatic heterocycles. The molecule has 1 aliphatic carbocycles. The molecule has 0 aliphatic heterocycles. The molecule has 1 aromatic carbocycles. The molecule has 0 unspecified atom stereocenters. The normalized spacial score (nSPS) is 20.5. The van der Waals surface area contributed by atoms with Crippen LogP contribution in [0.15, 0.2) is 58.8 Å². The van der Waals surface area contributed by atoms with Crippen LogP contribution in [0, 0.1) is 5.41 Å². The Morgan fingerprint density at radius 2 is 1.70 bits per heavy atom. The van der Waals surface area contributed by atoms with E-state index >= 15 is 0 Å². The van der Waals surface area contributed by atoms with E-state index in [9.17, 15) is 0 Å². The number of allylic oxidation sites excluding steroid dienone is 3. The quantitative estimate of drug-likeness (QED) is 0.421. The summed E-state index contributed by atoms with van der Waals surface area (Å²) in [5, 5.41) is 7.27. The van der Waals surface area contributed by atoms with Gasteiger partial charge in [-0.25, -0.2) is 0 Å². The minimum atomic E-state index is -0.406. The molecule has 0 spiro atoms. The lowest BCUT2D eigenvalue weighted by atomic mass is 9.79. The van der Waals surface area contributed by atoms with Gasteiger partial charge in [-0.2, -0.15) is 0 Å². The van der Waals surface area contributed by atoms with E-state index in [0.29, 0.717) is 6.42 Å². The van der Waals surface area contributed by atoms with E-state index in [1.807, 2.05) is 42.5 Å². The van der Waals surface area contributed by atoms with E-state index < -0.39 is 5.41 Å². The standard InChI is InChI=1S/C14H14N6/c15-19-17-10-14(11-18-20-16)8-6-13(7-9-14)12-4-2-1-3-5-12/h1-8H,9-11H2. The number of benzene rings is 1. The average Bonchev–Trinajstić information content (AvgIpc) is 2.53. The van der Waals surface area contributed by atoms with Gasteiger partial charge in [0.2, 0.25) is 0 Å². The maximum Gasteiger partial charge on any atom is 0.0353 e. The summed E-state index contributed by atoms with van der Waals surface area (Å²) in [4.78, 5) is 5.59. The summed E-state index contributed by atoms with van der Waals surface area (Å²) in [6.07, 6.45) is 6.76. The molecule has 0 fully saturated rings. The molecular formula is C14H14N6. The lowest BCUT2D eigenvalue weighted by molar-refractivity contribution is 0.408. The summed E-state index contributed by atoms with van der Waals surface area (Å²) in [6, 6.07) is 10.1. The maximum atomic E-state index is 8.48. The molecule has 1 aromatic rings. The van der Waals surface area contributed by atoms with Crippen LogP contribution >= 0.6 is 0 Å². The predicted molar refractivity (Wildman–Crippen MR) is 78.6 cm³/mol. The van der Waals surface area contributed by atoms with Crippen LogP contribution < -0.4 is 0 Å². The number of nitrogens with zero attached hydrogens (tertiary/aromatic N) is 6. The molecule has 0 amide bonds. The summed E-state index contributed by atoms with van der Waals surface area (Å²) >= 11 is 0. The Hall–Kier alpha value is -2.68. The fourth-order valence-corrected chi connectivity index (χ4v) is 2.19. The van der Waals surface area contributed by atoms with Gasteiger partial charge in [0.15, 0.2) is 0 Å². The zero-order valence-corrected chi connectivity index (χ0v) is 10.9. The SMILES string of the molecule is [N-]=[N+]=NCC1(CN=[N+]=[N-])C=CC(c2ccccc2)=CC1. The number of hydrogen-bond donors (Lipinski definition) is 0. The van der Waals surface area contributed by atoms with Crippen LogP contribution in [0.1, 0.15) is 12.0 Å². The highest BCUT2D eigenvalue weighted by Crippen LogP contribution is 2.34. The van der Waals surface area contributed by atoms with Crippen LogP contribution in [0.25, 0.3) is 26.5 Å². The molecule has 6 nitrogen and oxygen atoms in total. The molecule has 0 saturated heterocycles. The summed E-state index contributed by atoms with van der Waals surface area (Å²) in [5.74, 6) is 0. The lowest BCUT2D eigenvalue weighted by Crippen LogP contribution is -2.26. The van der Waals surface area contributed by atoms with Gasteiger partial charge in [0, 0.05) is 28.3 Å². The van der Waals surface area contributed by atoms with Gasteiger partial charge in [-0.3, -0.25) is 0 Å². The number of azide groups is 2. The third-order valence-corrected chi connectivity index (χ3v) is 3.35. The third-order valence-electron chi connectivity index (χ3n) is 3.35. The van der Waals surface area contributed by atoms with Gasteiger partial charge >= 0.3 is 0 Å². The van der Waals surface area contributed by atoms with Gasteiger partial charge in [0.1, 0.15) is 0 Å². The molecule has 0 N–H and O–H groups in total. The zero-order chi connectivity index (χ0) is 14.3. The molecule has 0 radical (unpaired) electrons. The van der Waals surface area contributed by atoms with Gasteiger partial charge in [-0.1, -0.05) is 58.8 Å². The topological polar surface area (TPSA) is 97.5 Å². The first-order valence-corrected chi connectivity index (χ1v) is 6.26. The summed E-state index contributed by atoms with van der Waals surface area (Å²) in [6.45, 7) is 0.579. The largest absolute Gasteiger partial charge is 0.0931 e. The highest BCUT2D eigenvalue weighted by molar-refractivity contribution is 5.75. The Morgan fingerprint density at radius 3 is 2.20 bits per heavy atom. The van der Waals surface area contributed by atoms with E-state index in [1.54, 1.807) is 0 Å². The van der Waals surface area contributed by atoms with Gasteiger partial charge in [0.25, 0.3) is 0 Å². The second kappa shape index (κ2) is 6.48. The Balaban J connectivity index is 2.21. The van der Waals surface area contributed by atoms with Crippen molar-refractivity contribution in [3.05, 3.63) is 75.0 Å². The summed E-state index contributed by atoms with van der Waals surface area (Å²) in [7, 11) is 0. The van der Waals surface area contributed by atoms with Gasteiger partial charge in [-0.15, -0.1) is 0 Å². The first-order valence-electron chi connectivity index (χ1n) is 6.26. The minimum absolute atomic E-state index is 0.289. The first-order chi connectivity index (χ1) is 9.79. The van der Waals surface area contributed by atoms with Crippen molar-refractivity contribution >= 4 is 5.57 Å². The van der Waals surface area contributed by atoms with Crippen LogP contribution in [0.5, 0.6) is 0 Å². The Morgan fingerprint density at radius 1 is 1.05 bits per heavy atom. The maximum absolute atomic E-state index is 8.48. The first kappa shape index (κ1) is 13.7. The highest BCUT2D eigenvalue weighted by atomic mass is 15.2. The van der Waals surface area contributed by atoms with Gasteiger partial charge < -0.3 is 0 Å². The summed E-state index contributed by atoms with van der Waals surface area (Å²) in [5.41, 5.74) is 18.8. The highest BCUT2D eigenvalue weighted by Gasteiger charge is 2.27. The van der Waals surface area contributed by atoms with E-state index in [-0.39, 0.29) is 13.1 Å². The average molecular weight is 266 g/mol. The van der Waals surface area contributed by atoms with Crippen LogP contribution in [0.3, 0.4) is 0 Å². The second-order valence-electron chi connectivity index (χ2n) is 4.70. The zero-order valence-electron chi connectivity index (χ0n) is 10.9. The third kappa shape index (κ3) is 3.20. The van der Waals surface area contributed by atoms with Crippen LogP contribution in [0.2, 0.25) is 0 Å². The number of hydrogen-bond acceptors (Lipinski definition) is 2. The number of rotatable bonds is 5. The second-order valence-corrected chi connectivity index (χ2v) is 4.70. The van der Waals surface area contributed by atoms with E-state index in [2.05, 4.69) is 26.1 Å². The van der Waals surface area contributed by atoms with Crippen molar-refractivity contribution in [1.82, 2.24) is 0 Å². The van der Waals surface area contributed by atoms with Crippen molar-refractivity contribution < 1.29 is 0 Å². The minimum Gasteiger partial charge on any atom is -0.0931 e. The smallest absolute Gasteiger partial charge is 0.0353 e. The Labute approximate surface area is 116 Å². The van der Waals surface area contributed by atoms with E-state index in [4.69, 9.17) is 11.1 Å².